The van der Waals surface area contributed by atoms with Gasteiger partial charge in [0.15, 0.2) is 0 Å². The zero-order valence-corrected chi connectivity index (χ0v) is 10.2. The number of rotatable bonds is 5. The Balaban J connectivity index is 0.000000921. The summed E-state index contributed by atoms with van der Waals surface area (Å²) in [6, 6.07) is 9.83. The third-order valence-corrected chi connectivity index (χ3v) is 1.73. The van der Waals surface area contributed by atoms with Crippen molar-refractivity contribution < 1.29 is 9.47 Å². The molecule has 0 aliphatic rings. The fourth-order valence-corrected chi connectivity index (χ4v) is 1.09. The smallest absolute Gasteiger partial charge is 0.119 e. The second kappa shape index (κ2) is 9.53. The SMILES string of the molecule is CC.COCC(C)COc1ccccc1. The Morgan fingerprint density at radius 2 is 1.67 bits per heavy atom. The summed E-state index contributed by atoms with van der Waals surface area (Å²) in [7, 11) is 1.71. The highest BCUT2D eigenvalue weighted by atomic mass is 16.5. The van der Waals surface area contributed by atoms with Crippen molar-refractivity contribution in [1.29, 1.82) is 0 Å². The van der Waals surface area contributed by atoms with E-state index in [-0.39, 0.29) is 0 Å². The van der Waals surface area contributed by atoms with Crippen LogP contribution < -0.4 is 4.74 Å². The maximum atomic E-state index is 5.54. The van der Waals surface area contributed by atoms with E-state index in [0.29, 0.717) is 12.5 Å². The van der Waals surface area contributed by atoms with Crippen LogP contribution in [0, 0.1) is 5.92 Å². The van der Waals surface area contributed by atoms with Crippen molar-refractivity contribution >= 4 is 0 Å². The first kappa shape index (κ1) is 14.0. The van der Waals surface area contributed by atoms with Crippen LogP contribution in [0.2, 0.25) is 0 Å². The standard InChI is InChI=1S/C11H16O2.C2H6/c1-10(8-12-2)9-13-11-6-4-3-5-7-11;1-2/h3-7,10H,8-9H2,1-2H3;1-2H3. The van der Waals surface area contributed by atoms with E-state index in [1.807, 2.05) is 44.2 Å². The number of methoxy groups -OCH3 is 1. The monoisotopic (exact) mass is 210 g/mol. The molecule has 0 heterocycles. The molecule has 0 aliphatic carbocycles. The van der Waals surface area contributed by atoms with Gasteiger partial charge in [0.25, 0.3) is 0 Å². The normalized spacial score (nSPS) is 11.2. The molecule has 0 bridgehead atoms. The van der Waals surface area contributed by atoms with Crippen LogP contribution in [-0.2, 0) is 4.74 Å². The van der Waals surface area contributed by atoms with Crippen molar-refractivity contribution in [3.05, 3.63) is 30.3 Å². The highest BCUT2D eigenvalue weighted by molar-refractivity contribution is 5.20. The molecule has 2 heteroatoms. The summed E-state index contributed by atoms with van der Waals surface area (Å²) in [5.41, 5.74) is 0. The van der Waals surface area contributed by atoms with Gasteiger partial charge in [-0.25, -0.2) is 0 Å². The van der Waals surface area contributed by atoms with E-state index in [1.165, 1.54) is 0 Å². The molecule has 0 amide bonds. The van der Waals surface area contributed by atoms with Crippen molar-refractivity contribution in [1.82, 2.24) is 0 Å². The van der Waals surface area contributed by atoms with Gasteiger partial charge in [0.1, 0.15) is 5.75 Å². The summed E-state index contributed by atoms with van der Waals surface area (Å²) in [4.78, 5) is 0. The van der Waals surface area contributed by atoms with Crippen LogP contribution in [0.15, 0.2) is 30.3 Å². The third-order valence-electron chi connectivity index (χ3n) is 1.73. The van der Waals surface area contributed by atoms with Crippen LogP contribution in [0.25, 0.3) is 0 Å². The zero-order chi connectivity index (χ0) is 11.5. The van der Waals surface area contributed by atoms with Gasteiger partial charge >= 0.3 is 0 Å². The van der Waals surface area contributed by atoms with Crippen molar-refractivity contribution in [3.63, 3.8) is 0 Å². The summed E-state index contributed by atoms with van der Waals surface area (Å²) < 4.78 is 10.6. The Labute approximate surface area is 93.2 Å². The lowest BCUT2D eigenvalue weighted by atomic mass is 10.2. The van der Waals surface area contributed by atoms with Gasteiger partial charge in [-0.15, -0.1) is 0 Å². The lowest BCUT2D eigenvalue weighted by Crippen LogP contribution is -2.13. The molecule has 1 aromatic carbocycles. The minimum Gasteiger partial charge on any atom is -0.493 e. The lowest BCUT2D eigenvalue weighted by molar-refractivity contribution is 0.127. The summed E-state index contributed by atoms with van der Waals surface area (Å²) in [6.45, 7) is 7.55. The molecule has 0 saturated heterocycles. The van der Waals surface area contributed by atoms with E-state index in [2.05, 4.69) is 6.92 Å². The second-order valence-electron chi connectivity index (χ2n) is 3.18. The van der Waals surface area contributed by atoms with Crippen LogP contribution in [0.3, 0.4) is 0 Å². The topological polar surface area (TPSA) is 18.5 Å². The first-order valence-corrected chi connectivity index (χ1v) is 5.49. The van der Waals surface area contributed by atoms with Crippen LogP contribution in [0.5, 0.6) is 5.75 Å². The number of benzene rings is 1. The molecule has 0 aliphatic heterocycles. The lowest BCUT2D eigenvalue weighted by Gasteiger charge is -2.11. The average molecular weight is 210 g/mol. The molecule has 0 N–H and O–H groups in total. The fraction of sp³-hybridized carbons (Fsp3) is 0.538. The molecule has 0 aromatic heterocycles. The molecule has 1 atom stereocenters. The highest BCUT2D eigenvalue weighted by Gasteiger charge is 2.01. The van der Waals surface area contributed by atoms with Crippen molar-refractivity contribution in [2.45, 2.75) is 20.8 Å². The Kier molecular flexibility index (Phi) is 8.88. The molecular weight excluding hydrogens is 188 g/mol. The molecule has 1 rings (SSSR count). The van der Waals surface area contributed by atoms with E-state index < -0.39 is 0 Å². The van der Waals surface area contributed by atoms with Crippen molar-refractivity contribution in [2.24, 2.45) is 5.92 Å². The van der Waals surface area contributed by atoms with Gasteiger partial charge in [0.2, 0.25) is 0 Å². The summed E-state index contributed by atoms with van der Waals surface area (Å²) in [5, 5.41) is 0. The quantitative estimate of drug-likeness (QED) is 0.741. The minimum atomic E-state index is 0.435. The Morgan fingerprint density at radius 1 is 1.07 bits per heavy atom. The molecule has 0 saturated carbocycles. The van der Waals surface area contributed by atoms with Gasteiger partial charge in [0, 0.05) is 13.0 Å². The predicted molar refractivity (Wildman–Crippen MR) is 64.3 cm³/mol. The van der Waals surface area contributed by atoms with E-state index in [0.717, 1.165) is 12.4 Å². The molecule has 2 nitrogen and oxygen atoms in total. The van der Waals surface area contributed by atoms with Gasteiger partial charge in [0.05, 0.1) is 13.2 Å². The van der Waals surface area contributed by atoms with Crippen LogP contribution in [-0.4, -0.2) is 20.3 Å². The molecule has 15 heavy (non-hydrogen) atoms. The van der Waals surface area contributed by atoms with Gasteiger partial charge in [-0.2, -0.15) is 0 Å². The van der Waals surface area contributed by atoms with Crippen molar-refractivity contribution in [2.75, 3.05) is 20.3 Å². The number of ether oxygens (including phenoxy) is 2. The van der Waals surface area contributed by atoms with Gasteiger partial charge < -0.3 is 9.47 Å². The van der Waals surface area contributed by atoms with E-state index in [1.54, 1.807) is 7.11 Å². The molecule has 86 valence electrons. The molecule has 1 unspecified atom stereocenters. The third kappa shape index (κ3) is 6.97. The fourth-order valence-electron chi connectivity index (χ4n) is 1.09. The first-order valence-electron chi connectivity index (χ1n) is 5.49. The summed E-state index contributed by atoms with van der Waals surface area (Å²) in [5.74, 6) is 1.36. The Bertz CT molecular complexity index is 221. The predicted octanol–water partition coefficient (Wildman–Crippen LogP) is 3.37. The van der Waals surface area contributed by atoms with Crippen LogP contribution in [0.1, 0.15) is 20.8 Å². The van der Waals surface area contributed by atoms with Crippen molar-refractivity contribution in [3.8, 4) is 5.75 Å². The molecular formula is C13H22O2. The van der Waals surface area contributed by atoms with Crippen LogP contribution >= 0.6 is 0 Å². The molecule has 0 radical (unpaired) electrons. The first-order chi connectivity index (χ1) is 7.33. The van der Waals surface area contributed by atoms with E-state index in [9.17, 15) is 0 Å². The Morgan fingerprint density at radius 3 is 2.20 bits per heavy atom. The second-order valence-corrected chi connectivity index (χ2v) is 3.18. The van der Waals surface area contributed by atoms with Gasteiger partial charge in [-0.05, 0) is 12.1 Å². The van der Waals surface area contributed by atoms with Gasteiger partial charge in [-0.3, -0.25) is 0 Å². The maximum absolute atomic E-state index is 5.54. The molecule has 0 spiro atoms. The molecule has 0 fully saturated rings. The minimum absolute atomic E-state index is 0.435. The van der Waals surface area contributed by atoms with E-state index >= 15 is 0 Å². The Hall–Kier alpha value is -1.02. The summed E-state index contributed by atoms with van der Waals surface area (Å²) in [6.07, 6.45) is 0. The summed E-state index contributed by atoms with van der Waals surface area (Å²) >= 11 is 0. The molecule has 1 aromatic rings. The zero-order valence-electron chi connectivity index (χ0n) is 10.2. The average Bonchev–Trinajstić information content (AvgIpc) is 2.31. The van der Waals surface area contributed by atoms with E-state index in [4.69, 9.17) is 9.47 Å². The maximum Gasteiger partial charge on any atom is 0.119 e. The number of hydrogen-bond donors (Lipinski definition) is 0. The highest BCUT2D eigenvalue weighted by Crippen LogP contribution is 2.09. The number of hydrogen-bond acceptors (Lipinski definition) is 2. The largest absolute Gasteiger partial charge is 0.493 e. The van der Waals surface area contributed by atoms with Crippen LogP contribution in [0.4, 0.5) is 0 Å². The van der Waals surface area contributed by atoms with Gasteiger partial charge in [-0.1, -0.05) is 39.0 Å². The number of para-hydroxylation sites is 1.